The van der Waals surface area contributed by atoms with Crippen LogP contribution in [0.3, 0.4) is 0 Å². The number of rotatable bonds is 3. The van der Waals surface area contributed by atoms with Gasteiger partial charge < -0.3 is 4.74 Å². The maximum absolute atomic E-state index is 6.52. The van der Waals surface area contributed by atoms with Crippen LogP contribution in [0, 0.1) is 0 Å². The van der Waals surface area contributed by atoms with Crippen LogP contribution >= 0.6 is 27.5 Å². The highest BCUT2D eigenvalue weighted by Crippen LogP contribution is 2.42. The van der Waals surface area contributed by atoms with Crippen molar-refractivity contribution in [3.05, 3.63) is 62.1 Å². The zero-order valence-electron chi connectivity index (χ0n) is 11.7. The van der Waals surface area contributed by atoms with E-state index in [1.807, 2.05) is 0 Å². The van der Waals surface area contributed by atoms with Crippen LogP contribution in [-0.4, -0.2) is 6.61 Å². The Morgan fingerprint density at radius 3 is 2.67 bits per heavy atom. The van der Waals surface area contributed by atoms with E-state index in [0.29, 0.717) is 0 Å². The lowest BCUT2D eigenvalue weighted by atomic mass is 10.0. The summed E-state index contributed by atoms with van der Waals surface area (Å²) in [7, 11) is 0. The van der Waals surface area contributed by atoms with Crippen LogP contribution in [0.25, 0.3) is 0 Å². The summed E-state index contributed by atoms with van der Waals surface area (Å²) >= 11 is 10.2. The number of fused-ring (bicyclic) bond motifs is 1. The number of hydrogen-bond donors (Lipinski definition) is 0. The van der Waals surface area contributed by atoms with Crippen molar-refractivity contribution in [3.8, 4) is 5.75 Å². The van der Waals surface area contributed by atoms with Crippen LogP contribution in [0.4, 0.5) is 0 Å². The van der Waals surface area contributed by atoms with Crippen molar-refractivity contribution in [2.45, 2.75) is 31.6 Å². The molecule has 108 valence electrons. The van der Waals surface area contributed by atoms with Crippen LogP contribution in [0.5, 0.6) is 5.75 Å². The molecule has 0 bridgehead atoms. The molecule has 2 aromatic rings. The lowest BCUT2D eigenvalue weighted by Crippen LogP contribution is -1.94. The Balaban J connectivity index is 1.63. The minimum absolute atomic E-state index is 0.729. The molecule has 1 aliphatic carbocycles. The first-order valence-corrected chi connectivity index (χ1v) is 8.61. The summed E-state index contributed by atoms with van der Waals surface area (Å²) in [5, 5.41) is 0.775. The summed E-state index contributed by atoms with van der Waals surface area (Å²) in [5.41, 5.74) is 5.10. The predicted octanol–water partition coefficient (Wildman–Crippen LogP) is 5.51. The quantitative estimate of drug-likeness (QED) is 0.699. The van der Waals surface area contributed by atoms with Gasteiger partial charge >= 0.3 is 0 Å². The van der Waals surface area contributed by atoms with E-state index in [4.69, 9.17) is 16.3 Å². The Bertz CT molecular complexity index is 689. The molecule has 4 rings (SSSR count). The third kappa shape index (κ3) is 2.60. The minimum atomic E-state index is 0.729. The summed E-state index contributed by atoms with van der Waals surface area (Å²) in [6, 6.07) is 11.1. The van der Waals surface area contributed by atoms with Crippen LogP contribution in [0.15, 0.2) is 34.8 Å². The van der Waals surface area contributed by atoms with Crippen molar-refractivity contribution < 1.29 is 4.74 Å². The van der Waals surface area contributed by atoms with Gasteiger partial charge in [-0.3, -0.25) is 0 Å². The van der Waals surface area contributed by atoms with Crippen molar-refractivity contribution in [3.63, 3.8) is 0 Å². The number of hydrogen-bond acceptors (Lipinski definition) is 1. The smallest absolute Gasteiger partial charge is 0.142 e. The third-order valence-electron chi connectivity index (χ3n) is 4.37. The maximum atomic E-state index is 6.52. The average Bonchev–Trinajstić information content (AvgIpc) is 3.21. The van der Waals surface area contributed by atoms with E-state index in [0.717, 1.165) is 46.2 Å². The molecule has 2 aliphatic rings. The zero-order valence-corrected chi connectivity index (χ0v) is 14.0. The first-order valence-electron chi connectivity index (χ1n) is 7.44. The molecule has 21 heavy (non-hydrogen) atoms. The Hall–Kier alpha value is -0.990. The van der Waals surface area contributed by atoms with E-state index >= 15 is 0 Å². The Morgan fingerprint density at radius 1 is 1.19 bits per heavy atom. The van der Waals surface area contributed by atoms with Gasteiger partial charge in [-0.2, -0.15) is 0 Å². The van der Waals surface area contributed by atoms with Crippen LogP contribution in [0.1, 0.15) is 41.0 Å². The van der Waals surface area contributed by atoms with Crippen molar-refractivity contribution in [2.75, 3.05) is 6.61 Å². The zero-order chi connectivity index (χ0) is 14.4. The van der Waals surface area contributed by atoms with Gasteiger partial charge in [-0.05, 0) is 47.9 Å². The topological polar surface area (TPSA) is 9.23 Å². The molecule has 0 amide bonds. The summed E-state index contributed by atoms with van der Waals surface area (Å²) < 4.78 is 6.80. The van der Waals surface area contributed by atoms with Gasteiger partial charge in [-0.25, -0.2) is 0 Å². The minimum Gasteiger partial charge on any atom is -0.491 e. The average molecular weight is 364 g/mol. The highest BCUT2D eigenvalue weighted by atomic mass is 79.9. The molecule has 0 radical (unpaired) electrons. The lowest BCUT2D eigenvalue weighted by molar-refractivity contribution is 0.356. The molecule has 2 aromatic carbocycles. The molecule has 0 N–H and O–H groups in total. The first kappa shape index (κ1) is 13.7. The maximum Gasteiger partial charge on any atom is 0.142 e. The number of ether oxygens (including phenoxy) is 1. The summed E-state index contributed by atoms with van der Waals surface area (Å²) in [5.74, 6) is 1.68. The standard InChI is InChI=1S/C18H16BrClO/c19-16-10-14(17(20)18-15(16)7-8-21-18)9-11-1-3-12(4-2-11)13-5-6-13/h1-4,10,13H,5-9H2. The molecule has 3 heteroatoms. The molecule has 1 aliphatic heterocycles. The van der Waals surface area contributed by atoms with E-state index in [9.17, 15) is 0 Å². The Kier molecular flexibility index (Phi) is 3.47. The highest BCUT2D eigenvalue weighted by molar-refractivity contribution is 9.10. The molecule has 1 heterocycles. The summed E-state index contributed by atoms with van der Waals surface area (Å²) in [6.45, 7) is 0.729. The van der Waals surface area contributed by atoms with Gasteiger partial charge in [0.25, 0.3) is 0 Å². The van der Waals surface area contributed by atoms with Crippen LogP contribution in [-0.2, 0) is 12.8 Å². The second-order valence-electron chi connectivity index (χ2n) is 5.93. The van der Waals surface area contributed by atoms with E-state index in [1.165, 1.54) is 29.5 Å². The number of benzene rings is 2. The molecule has 0 saturated heterocycles. The van der Waals surface area contributed by atoms with Gasteiger partial charge in [0.15, 0.2) is 0 Å². The fourth-order valence-corrected chi connectivity index (χ4v) is 3.95. The fraction of sp³-hybridized carbons (Fsp3) is 0.333. The largest absolute Gasteiger partial charge is 0.491 e. The van der Waals surface area contributed by atoms with E-state index in [1.54, 1.807) is 0 Å². The van der Waals surface area contributed by atoms with Gasteiger partial charge in [-0.15, -0.1) is 0 Å². The van der Waals surface area contributed by atoms with Crippen LogP contribution in [0.2, 0.25) is 5.02 Å². The van der Waals surface area contributed by atoms with Gasteiger partial charge in [0.05, 0.1) is 11.6 Å². The second-order valence-corrected chi connectivity index (χ2v) is 7.16. The SMILES string of the molecule is Clc1c(Cc2ccc(C3CC3)cc2)cc(Br)c2c1OCC2. The Labute approximate surface area is 138 Å². The van der Waals surface area contributed by atoms with Gasteiger partial charge in [0, 0.05) is 16.5 Å². The predicted molar refractivity (Wildman–Crippen MR) is 89.6 cm³/mol. The molecular weight excluding hydrogens is 348 g/mol. The first-order chi connectivity index (χ1) is 10.2. The van der Waals surface area contributed by atoms with Gasteiger partial charge in [0.1, 0.15) is 5.75 Å². The fourth-order valence-electron chi connectivity index (χ4n) is 3.00. The highest BCUT2D eigenvalue weighted by Gasteiger charge is 2.24. The molecule has 0 atom stereocenters. The number of halogens is 2. The van der Waals surface area contributed by atoms with E-state index in [2.05, 4.69) is 46.3 Å². The summed E-state index contributed by atoms with van der Waals surface area (Å²) in [4.78, 5) is 0. The molecule has 0 spiro atoms. The normalized spacial score (nSPS) is 16.7. The van der Waals surface area contributed by atoms with Crippen molar-refractivity contribution in [1.29, 1.82) is 0 Å². The second kappa shape index (κ2) is 5.33. The lowest BCUT2D eigenvalue weighted by Gasteiger charge is -2.11. The summed E-state index contributed by atoms with van der Waals surface area (Å²) in [6.07, 6.45) is 4.48. The Morgan fingerprint density at radius 2 is 1.95 bits per heavy atom. The van der Waals surface area contributed by atoms with E-state index < -0.39 is 0 Å². The van der Waals surface area contributed by atoms with Crippen molar-refractivity contribution >= 4 is 27.5 Å². The molecule has 1 nitrogen and oxygen atoms in total. The van der Waals surface area contributed by atoms with Gasteiger partial charge in [0.2, 0.25) is 0 Å². The molecule has 0 unspecified atom stereocenters. The van der Waals surface area contributed by atoms with Gasteiger partial charge in [-0.1, -0.05) is 51.8 Å². The molecule has 1 fully saturated rings. The third-order valence-corrected chi connectivity index (χ3v) is 5.49. The molecule has 0 aromatic heterocycles. The molecule has 1 saturated carbocycles. The molecular formula is C18H16BrClO. The monoisotopic (exact) mass is 362 g/mol. The van der Waals surface area contributed by atoms with Crippen molar-refractivity contribution in [2.24, 2.45) is 0 Å². The van der Waals surface area contributed by atoms with Crippen LogP contribution < -0.4 is 4.74 Å². The van der Waals surface area contributed by atoms with Crippen molar-refractivity contribution in [1.82, 2.24) is 0 Å². The van der Waals surface area contributed by atoms with E-state index in [-0.39, 0.29) is 0 Å².